The maximum Gasteiger partial charge on any atom is 0.311 e. The van der Waals surface area contributed by atoms with Gasteiger partial charge in [0.25, 0.3) is 0 Å². The van der Waals surface area contributed by atoms with Crippen molar-refractivity contribution in [2.45, 2.75) is 5.92 Å². The number of fused-ring (bicyclic) bond motifs is 3. The molecule has 2 N–H and O–H groups in total. The molecule has 0 aliphatic carbocycles. The van der Waals surface area contributed by atoms with Crippen molar-refractivity contribution in [3.05, 3.63) is 74.5 Å². The van der Waals surface area contributed by atoms with Gasteiger partial charge in [-0.3, -0.25) is 10.1 Å². The van der Waals surface area contributed by atoms with Crippen molar-refractivity contribution in [2.24, 2.45) is 5.73 Å². The lowest BCUT2D eigenvalue weighted by Gasteiger charge is -2.23. The topological polar surface area (TPSA) is 111 Å². The van der Waals surface area contributed by atoms with Gasteiger partial charge in [-0.2, -0.15) is 5.26 Å². The quantitative estimate of drug-likeness (QED) is 0.543. The minimum absolute atomic E-state index is 0.0111. The maximum atomic E-state index is 11.4. The molecular weight excluding hydrogens is 366 g/mol. The number of hydrogen-bond acceptors (Lipinski definition) is 7. The highest BCUT2D eigenvalue weighted by atomic mass is 32.1. The van der Waals surface area contributed by atoms with Crippen LogP contribution in [0.15, 0.2) is 53.9 Å². The van der Waals surface area contributed by atoms with Gasteiger partial charge in [0.15, 0.2) is 11.5 Å². The van der Waals surface area contributed by atoms with Gasteiger partial charge in [-0.1, -0.05) is 18.2 Å². The molecule has 2 heterocycles. The molecule has 0 bridgehead atoms. The van der Waals surface area contributed by atoms with Crippen LogP contribution in [-0.2, 0) is 0 Å². The molecule has 1 unspecified atom stereocenters. The van der Waals surface area contributed by atoms with Crippen LogP contribution in [0.3, 0.4) is 0 Å². The van der Waals surface area contributed by atoms with Crippen molar-refractivity contribution >= 4 is 27.1 Å². The van der Waals surface area contributed by atoms with Gasteiger partial charge in [0, 0.05) is 16.2 Å². The molecule has 0 radical (unpaired) electrons. The Labute approximate surface area is 158 Å². The van der Waals surface area contributed by atoms with E-state index in [0.717, 1.165) is 15.0 Å². The van der Waals surface area contributed by atoms with Crippen LogP contribution in [0.25, 0.3) is 10.1 Å². The zero-order valence-corrected chi connectivity index (χ0v) is 14.9. The maximum absolute atomic E-state index is 11.4. The Morgan fingerprint density at radius 2 is 2.11 bits per heavy atom. The van der Waals surface area contributed by atoms with Crippen molar-refractivity contribution in [3.8, 4) is 17.6 Å². The second-order valence-corrected chi connectivity index (χ2v) is 6.99. The molecular formula is C19H13N3O4S. The van der Waals surface area contributed by atoms with Crippen molar-refractivity contribution in [3.63, 3.8) is 0 Å². The summed E-state index contributed by atoms with van der Waals surface area (Å²) in [4.78, 5) is 11.7. The van der Waals surface area contributed by atoms with Crippen LogP contribution in [0, 0.1) is 21.4 Å². The highest BCUT2D eigenvalue weighted by molar-refractivity contribution is 7.19. The Morgan fingerprint density at radius 1 is 1.33 bits per heavy atom. The third-order valence-electron chi connectivity index (χ3n) is 4.46. The van der Waals surface area contributed by atoms with E-state index in [1.165, 1.54) is 30.6 Å². The molecule has 1 aromatic heterocycles. The molecule has 1 atom stereocenters. The highest BCUT2D eigenvalue weighted by Crippen LogP contribution is 2.50. The summed E-state index contributed by atoms with van der Waals surface area (Å²) in [6.45, 7) is 0. The van der Waals surface area contributed by atoms with E-state index in [-0.39, 0.29) is 22.9 Å². The van der Waals surface area contributed by atoms with E-state index >= 15 is 0 Å². The van der Waals surface area contributed by atoms with Gasteiger partial charge in [-0.25, -0.2) is 0 Å². The largest absolute Gasteiger partial charge is 0.490 e. The first-order valence-corrected chi connectivity index (χ1v) is 8.78. The summed E-state index contributed by atoms with van der Waals surface area (Å²) in [6.07, 6.45) is 0. The van der Waals surface area contributed by atoms with Crippen LogP contribution in [0.2, 0.25) is 0 Å². The van der Waals surface area contributed by atoms with E-state index in [0.29, 0.717) is 11.3 Å². The van der Waals surface area contributed by atoms with E-state index in [1.807, 2.05) is 24.3 Å². The lowest BCUT2D eigenvalue weighted by molar-refractivity contribution is -0.385. The molecule has 1 aliphatic rings. The molecule has 0 saturated carbocycles. The predicted molar refractivity (Wildman–Crippen MR) is 101 cm³/mol. The molecule has 4 rings (SSSR count). The molecule has 0 fully saturated rings. The summed E-state index contributed by atoms with van der Waals surface area (Å²) in [5.74, 6) is 0.219. The fourth-order valence-corrected chi connectivity index (χ4v) is 4.51. The van der Waals surface area contributed by atoms with Gasteiger partial charge >= 0.3 is 5.69 Å². The van der Waals surface area contributed by atoms with Crippen LogP contribution < -0.4 is 15.2 Å². The summed E-state index contributed by atoms with van der Waals surface area (Å²) < 4.78 is 11.8. The first-order chi connectivity index (χ1) is 13.0. The standard InChI is InChI=1S/C19H13N3O4S/c1-25-14-7-6-10(8-13(14)22(23)24)16-12(9-20)19(21)26-17-11-4-2-3-5-15(11)27-18(16)17/h2-8,16H,21H2,1H3. The summed E-state index contributed by atoms with van der Waals surface area (Å²) in [5.41, 5.74) is 6.66. The van der Waals surface area contributed by atoms with Crippen LogP contribution in [-0.4, -0.2) is 12.0 Å². The molecule has 3 aromatic rings. The average molecular weight is 379 g/mol. The van der Waals surface area contributed by atoms with Crippen LogP contribution in [0.4, 0.5) is 5.69 Å². The predicted octanol–water partition coefficient (Wildman–Crippen LogP) is 4.04. The van der Waals surface area contributed by atoms with Gasteiger partial charge in [0.2, 0.25) is 5.88 Å². The van der Waals surface area contributed by atoms with Gasteiger partial charge in [-0.15, -0.1) is 11.3 Å². The van der Waals surface area contributed by atoms with Crippen LogP contribution in [0.1, 0.15) is 16.4 Å². The number of benzene rings is 2. The molecule has 27 heavy (non-hydrogen) atoms. The molecule has 7 nitrogen and oxygen atoms in total. The first-order valence-electron chi connectivity index (χ1n) is 7.96. The molecule has 1 aliphatic heterocycles. The van der Waals surface area contributed by atoms with E-state index in [1.54, 1.807) is 6.07 Å². The van der Waals surface area contributed by atoms with Gasteiger partial charge in [-0.05, 0) is 23.8 Å². The van der Waals surface area contributed by atoms with Gasteiger partial charge < -0.3 is 15.2 Å². The highest BCUT2D eigenvalue weighted by Gasteiger charge is 2.35. The summed E-state index contributed by atoms with van der Waals surface area (Å²) in [5, 5.41) is 22.0. The number of nitriles is 1. The summed E-state index contributed by atoms with van der Waals surface area (Å²) in [7, 11) is 1.37. The number of nitrogens with zero attached hydrogens (tertiary/aromatic N) is 2. The summed E-state index contributed by atoms with van der Waals surface area (Å²) in [6, 6.07) is 14.4. The van der Waals surface area contributed by atoms with E-state index in [2.05, 4.69) is 6.07 Å². The monoisotopic (exact) mass is 379 g/mol. The zero-order chi connectivity index (χ0) is 19.1. The minimum atomic E-state index is -0.541. The lowest BCUT2D eigenvalue weighted by atomic mass is 9.88. The number of hydrogen-bond donors (Lipinski definition) is 1. The normalized spacial score (nSPS) is 15.8. The molecule has 8 heteroatoms. The zero-order valence-electron chi connectivity index (χ0n) is 14.1. The van der Waals surface area contributed by atoms with E-state index < -0.39 is 10.8 Å². The van der Waals surface area contributed by atoms with Crippen molar-refractivity contribution in [1.29, 1.82) is 5.26 Å². The Bertz CT molecular complexity index is 1160. The van der Waals surface area contributed by atoms with Crippen LogP contribution in [0.5, 0.6) is 11.5 Å². The number of allylic oxidation sites excluding steroid dienone is 1. The second-order valence-electron chi connectivity index (χ2n) is 5.90. The number of nitrogens with two attached hydrogens (primary N) is 1. The van der Waals surface area contributed by atoms with E-state index in [9.17, 15) is 15.4 Å². The Morgan fingerprint density at radius 3 is 2.81 bits per heavy atom. The second kappa shape index (κ2) is 6.30. The molecule has 0 amide bonds. The summed E-state index contributed by atoms with van der Waals surface area (Å²) >= 11 is 1.48. The number of nitro groups is 1. The smallest absolute Gasteiger partial charge is 0.311 e. The fourth-order valence-electron chi connectivity index (χ4n) is 3.24. The Kier molecular flexibility index (Phi) is 3.94. The third-order valence-corrected chi connectivity index (χ3v) is 5.67. The van der Waals surface area contributed by atoms with Crippen molar-refractivity contribution in [2.75, 3.05) is 7.11 Å². The number of methoxy groups -OCH3 is 1. The van der Waals surface area contributed by atoms with E-state index in [4.69, 9.17) is 15.2 Å². The average Bonchev–Trinajstić information content (AvgIpc) is 3.04. The fraction of sp³-hybridized carbons (Fsp3) is 0.105. The lowest BCUT2D eigenvalue weighted by Crippen LogP contribution is -2.19. The molecule has 134 valence electrons. The Hall–Kier alpha value is -3.57. The SMILES string of the molecule is COc1ccc(C2C(C#N)=C(N)Oc3c2sc2ccccc32)cc1[N+](=O)[O-]. The van der Waals surface area contributed by atoms with Gasteiger partial charge in [0.05, 0.1) is 22.8 Å². The van der Waals surface area contributed by atoms with Crippen molar-refractivity contribution in [1.82, 2.24) is 0 Å². The van der Waals surface area contributed by atoms with Gasteiger partial charge in [0.1, 0.15) is 11.6 Å². The number of thiophene rings is 1. The Balaban J connectivity index is 1.98. The number of nitro benzene ring substituents is 1. The first kappa shape index (κ1) is 16.9. The molecule has 0 spiro atoms. The molecule has 0 saturated heterocycles. The number of ether oxygens (including phenoxy) is 2. The van der Waals surface area contributed by atoms with Crippen LogP contribution >= 0.6 is 11.3 Å². The van der Waals surface area contributed by atoms with Crippen molar-refractivity contribution < 1.29 is 14.4 Å². The third kappa shape index (κ3) is 2.56. The number of rotatable bonds is 3. The molecule has 2 aromatic carbocycles. The minimum Gasteiger partial charge on any atom is -0.490 e.